The number of rotatable bonds is 5. The number of hydrogen-bond donors (Lipinski definition) is 0. The van der Waals surface area contributed by atoms with Crippen molar-refractivity contribution in [3.63, 3.8) is 0 Å². The summed E-state index contributed by atoms with van der Waals surface area (Å²) in [6.45, 7) is 0.269. The van der Waals surface area contributed by atoms with Crippen LogP contribution in [0.3, 0.4) is 0 Å². The summed E-state index contributed by atoms with van der Waals surface area (Å²) in [5, 5.41) is 0.551. The quantitative estimate of drug-likeness (QED) is 0.782. The first-order valence-corrected chi connectivity index (χ1v) is 9.54. The minimum absolute atomic E-state index is 0.0806. The minimum atomic E-state index is -0.270. The van der Waals surface area contributed by atoms with E-state index in [9.17, 15) is 9.18 Å². The molecule has 2 aromatic rings. The average Bonchev–Trinajstić information content (AvgIpc) is 3.10. The molecule has 0 radical (unpaired) electrons. The topological polar surface area (TPSA) is 29.5 Å². The minimum Gasteiger partial charge on any atom is -0.380 e. The molecular weight excluding hydrogens is 325 g/mol. The predicted octanol–water partition coefficient (Wildman–Crippen LogP) is 4.73. The van der Waals surface area contributed by atoms with Gasteiger partial charge >= 0.3 is 0 Å². The molecule has 2 fully saturated rings. The van der Waals surface area contributed by atoms with Gasteiger partial charge in [0.1, 0.15) is 5.82 Å². The molecule has 1 heterocycles. The highest BCUT2D eigenvalue weighted by atomic mass is 32.1. The van der Waals surface area contributed by atoms with Gasteiger partial charge in [0, 0.05) is 34.8 Å². The maximum Gasteiger partial charge on any atom is 0.264 e. The molecule has 0 bridgehead atoms. The summed E-state index contributed by atoms with van der Waals surface area (Å²) in [5.74, 6) is -0.189. The molecule has 1 amide bonds. The maximum atomic E-state index is 14.3. The summed E-state index contributed by atoms with van der Waals surface area (Å²) in [6, 6.07) is 5.78. The number of carbonyl (C=O) groups is 1. The molecule has 2 aliphatic carbocycles. The van der Waals surface area contributed by atoms with Crippen molar-refractivity contribution in [1.29, 1.82) is 0 Å². The zero-order valence-corrected chi connectivity index (χ0v) is 14.7. The van der Waals surface area contributed by atoms with E-state index in [1.807, 2.05) is 6.07 Å². The number of amides is 1. The van der Waals surface area contributed by atoms with Gasteiger partial charge in [-0.1, -0.05) is 18.9 Å². The Morgan fingerprint density at radius 2 is 1.96 bits per heavy atom. The van der Waals surface area contributed by atoms with Crippen molar-refractivity contribution in [2.24, 2.45) is 0 Å². The second-order valence-corrected chi connectivity index (χ2v) is 7.89. The van der Waals surface area contributed by atoms with Crippen molar-refractivity contribution in [3.8, 4) is 0 Å². The van der Waals surface area contributed by atoms with Gasteiger partial charge in [-0.25, -0.2) is 4.39 Å². The number of fused-ring (bicyclic) bond motifs is 1. The molecule has 0 N–H and O–H groups in total. The molecule has 1 aromatic carbocycles. The fraction of sp³-hybridized carbons (Fsp3) is 0.526. The van der Waals surface area contributed by atoms with E-state index in [1.165, 1.54) is 30.2 Å². The van der Waals surface area contributed by atoms with Crippen molar-refractivity contribution in [2.75, 3.05) is 7.11 Å². The second-order valence-electron chi connectivity index (χ2n) is 6.84. The van der Waals surface area contributed by atoms with E-state index in [0.717, 1.165) is 30.4 Å². The lowest BCUT2D eigenvalue weighted by Crippen LogP contribution is -2.40. The van der Waals surface area contributed by atoms with Crippen LogP contribution in [0, 0.1) is 5.82 Å². The van der Waals surface area contributed by atoms with Crippen molar-refractivity contribution in [2.45, 2.75) is 57.2 Å². The van der Waals surface area contributed by atoms with Crippen LogP contribution < -0.4 is 0 Å². The van der Waals surface area contributed by atoms with Crippen LogP contribution in [0.4, 0.5) is 4.39 Å². The van der Waals surface area contributed by atoms with E-state index in [1.54, 1.807) is 13.2 Å². The lowest BCUT2D eigenvalue weighted by molar-refractivity contribution is 0.0665. The number of carbonyl (C=O) groups excluding carboxylic acids is 1. The Morgan fingerprint density at radius 1 is 1.25 bits per heavy atom. The molecule has 0 atom stereocenters. The third kappa shape index (κ3) is 2.74. The molecule has 0 saturated heterocycles. The molecule has 1 aromatic heterocycles. The van der Waals surface area contributed by atoms with Crippen molar-refractivity contribution >= 4 is 27.3 Å². The van der Waals surface area contributed by atoms with E-state index < -0.39 is 0 Å². The molecule has 4 rings (SSSR count). The first kappa shape index (κ1) is 16.0. The first-order valence-electron chi connectivity index (χ1n) is 8.72. The van der Waals surface area contributed by atoms with Crippen LogP contribution in [-0.4, -0.2) is 30.0 Å². The molecule has 24 heavy (non-hydrogen) atoms. The Bertz CT molecular complexity index is 762. The molecule has 0 unspecified atom stereocenters. The van der Waals surface area contributed by atoms with Gasteiger partial charge in [-0.3, -0.25) is 4.79 Å². The molecule has 0 spiro atoms. The fourth-order valence-electron chi connectivity index (χ4n) is 3.90. The number of nitrogens with zero attached hydrogens (tertiary/aromatic N) is 1. The summed E-state index contributed by atoms with van der Waals surface area (Å²) in [7, 11) is 1.59. The zero-order valence-electron chi connectivity index (χ0n) is 13.9. The standard InChI is InChI=1S/C19H22FNO2S/c1-23-11-14-17-15(20)7-4-8-16(17)24-18(14)19(22)21(13-9-10-13)12-5-2-3-6-12/h4,7-8,12-13H,2-3,5-6,9-11H2,1H3. The van der Waals surface area contributed by atoms with E-state index in [0.29, 0.717) is 27.9 Å². The molecule has 128 valence electrons. The number of methoxy groups -OCH3 is 1. The van der Waals surface area contributed by atoms with Crippen LogP contribution >= 0.6 is 11.3 Å². The van der Waals surface area contributed by atoms with E-state index >= 15 is 0 Å². The number of hydrogen-bond acceptors (Lipinski definition) is 3. The first-order chi connectivity index (χ1) is 11.7. The Labute approximate surface area is 145 Å². The third-order valence-electron chi connectivity index (χ3n) is 5.14. The number of thiophene rings is 1. The summed E-state index contributed by atoms with van der Waals surface area (Å²) in [4.78, 5) is 16.1. The van der Waals surface area contributed by atoms with Gasteiger partial charge in [0.05, 0.1) is 11.5 Å². The van der Waals surface area contributed by atoms with Crippen molar-refractivity contribution in [3.05, 3.63) is 34.5 Å². The van der Waals surface area contributed by atoms with E-state index in [2.05, 4.69) is 4.90 Å². The fourth-order valence-corrected chi connectivity index (χ4v) is 5.07. The summed E-state index contributed by atoms with van der Waals surface area (Å²) in [6.07, 6.45) is 6.80. The molecule has 3 nitrogen and oxygen atoms in total. The molecule has 2 saturated carbocycles. The van der Waals surface area contributed by atoms with Crippen LogP contribution in [0.25, 0.3) is 10.1 Å². The van der Waals surface area contributed by atoms with Crippen LogP contribution in [0.1, 0.15) is 53.8 Å². The summed E-state index contributed by atoms with van der Waals surface area (Å²) in [5.41, 5.74) is 0.712. The smallest absolute Gasteiger partial charge is 0.264 e. The van der Waals surface area contributed by atoms with E-state index in [-0.39, 0.29) is 18.3 Å². The third-order valence-corrected chi connectivity index (χ3v) is 6.32. The van der Waals surface area contributed by atoms with Gasteiger partial charge in [-0.05, 0) is 37.8 Å². The van der Waals surface area contributed by atoms with Gasteiger partial charge in [0.2, 0.25) is 0 Å². The van der Waals surface area contributed by atoms with Crippen LogP contribution in [0.5, 0.6) is 0 Å². The van der Waals surface area contributed by atoms with Gasteiger partial charge in [-0.15, -0.1) is 11.3 Å². The molecule has 2 aliphatic rings. The lowest BCUT2D eigenvalue weighted by atomic mass is 10.1. The van der Waals surface area contributed by atoms with Gasteiger partial charge in [0.25, 0.3) is 5.91 Å². The number of halogens is 1. The summed E-state index contributed by atoms with van der Waals surface area (Å²) >= 11 is 1.41. The SMILES string of the molecule is COCc1c(C(=O)N(C2CCCC2)C2CC2)sc2cccc(F)c12. The largest absolute Gasteiger partial charge is 0.380 e. The van der Waals surface area contributed by atoms with Gasteiger partial charge in [-0.2, -0.15) is 0 Å². The van der Waals surface area contributed by atoms with Crippen LogP contribution in [0.15, 0.2) is 18.2 Å². The van der Waals surface area contributed by atoms with Gasteiger partial charge < -0.3 is 9.64 Å². The van der Waals surface area contributed by atoms with E-state index in [4.69, 9.17) is 4.74 Å². The summed E-state index contributed by atoms with van der Waals surface area (Å²) < 4.78 is 20.5. The molecular formula is C19H22FNO2S. The Balaban J connectivity index is 1.77. The average molecular weight is 347 g/mol. The molecule has 5 heteroatoms. The highest BCUT2D eigenvalue weighted by Crippen LogP contribution is 2.39. The van der Waals surface area contributed by atoms with Crippen LogP contribution in [0.2, 0.25) is 0 Å². The Morgan fingerprint density at radius 3 is 2.62 bits per heavy atom. The number of ether oxygens (including phenoxy) is 1. The van der Waals surface area contributed by atoms with Crippen LogP contribution in [-0.2, 0) is 11.3 Å². The Hall–Kier alpha value is -1.46. The Kier molecular flexibility index (Phi) is 4.31. The monoisotopic (exact) mass is 347 g/mol. The van der Waals surface area contributed by atoms with Crippen molar-refractivity contribution < 1.29 is 13.9 Å². The highest BCUT2D eigenvalue weighted by Gasteiger charge is 2.40. The predicted molar refractivity (Wildman–Crippen MR) is 93.9 cm³/mol. The van der Waals surface area contributed by atoms with Crippen molar-refractivity contribution in [1.82, 2.24) is 4.90 Å². The number of benzene rings is 1. The zero-order chi connectivity index (χ0) is 16.7. The molecule has 0 aliphatic heterocycles. The highest BCUT2D eigenvalue weighted by molar-refractivity contribution is 7.21. The lowest BCUT2D eigenvalue weighted by Gasteiger charge is -2.29. The maximum absolute atomic E-state index is 14.3. The van der Waals surface area contributed by atoms with Gasteiger partial charge in [0.15, 0.2) is 0 Å². The normalized spacial score (nSPS) is 18.4. The second kappa shape index (κ2) is 6.45.